The fourth-order valence-corrected chi connectivity index (χ4v) is 1.74. The molecule has 1 aromatic carbocycles. The van der Waals surface area contributed by atoms with Gasteiger partial charge in [-0.05, 0) is 30.3 Å². The van der Waals surface area contributed by atoms with Crippen LogP contribution >= 0.6 is 0 Å². The third kappa shape index (κ3) is 4.97. The van der Waals surface area contributed by atoms with Crippen molar-refractivity contribution in [2.45, 2.75) is 6.36 Å². The first-order valence-corrected chi connectivity index (χ1v) is 6.56. The molecule has 1 heterocycles. The Balaban J connectivity index is 2.12. The molecule has 126 valence electrons. The summed E-state index contributed by atoms with van der Waals surface area (Å²) in [4.78, 5) is 15.6. The number of carbonyl (C=O) groups is 1. The van der Waals surface area contributed by atoms with Gasteiger partial charge in [0.15, 0.2) is 0 Å². The number of nitrogens with one attached hydrogen (secondary N) is 1. The molecule has 1 N–H and O–H groups in total. The van der Waals surface area contributed by atoms with E-state index in [1.165, 1.54) is 37.7 Å². The third-order valence-electron chi connectivity index (χ3n) is 2.75. The number of benzene rings is 1. The van der Waals surface area contributed by atoms with Gasteiger partial charge < -0.3 is 9.47 Å². The number of halogens is 3. The van der Waals surface area contributed by atoms with E-state index < -0.39 is 18.0 Å². The molecule has 6 nitrogen and oxygen atoms in total. The molecule has 0 fully saturated rings. The van der Waals surface area contributed by atoms with Crippen LogP contribution in [0.2, 0.25) is 0 Å². The normalized spacial score (nSPS) is 11.3. The van der Waals surface area contributed by atoms with Crippen LogP contribution in [0.1, 0.15) is 15.9 Å². The molecule has 0 bridgehead atoms. The molecule has 0 spiro atoms. The summed E-state index contributed by atoms with van der Waals surface area (Å²) < 4.78 is 45.6. The van der Waals surface area contributed by atoms with E-state index >= 15 is 0 Å². The van der Waals surface area contributed by atoms with Crippen molar-refractivity contribution in [2.24, 2.45) is 5.10 Å². The zero-order chi connectivity index (χ0) is 17.6. The van der Waals surface area contributed by atoms with Crippen molar-refractivity contribution in [2.75, 3.05) is 7.11 Å². The van der Waals surface area contributed by atoms with Gasteiger partial charge >= 0.3 is 6.36 Å². The Morgan fingerprint density at radius 3 is 2.58 bits per heavy atom. The fraction of sp³-hybridized carbons (Fsp3) is 0.133. The van der Waals surface area contributed by atoms with Gasteiger partial charge in [0.2, 0.25) is 0 Å². The first kappa shape index (κ1) is 17.3. The number of nitrogens with zero attached hydrogens (tertiary/aromatic N) is 2. The van der Waals surface area contributed by atoms with E-state index in [-0.39, 0.29) is 11.3 Å². The highest BCUT2D eigenvalue weighted by molar-refractivity contribution is 5.95. The highest BCUT2D eigenvalue weighted by Gasteiger charge is 2.31. The van der Waals surface area contributed by atoms with E-state index in [2.05, 4.69) is 20.2 Å². The first-order chi connectivity index (χ1) is 11.4. The number of hydrogen-bond acceptors (Lipinski definition) is 5. The van der Waals surface area contributed by atoms with E-state index in [0.717, 1.165) is 18.3 Å². The van der Waals surface area contributed by atoms with Crippen LogP contribution in [0, 0.1) is 0 Å². The minimum Gasteiger partial charge on any atom is -0.496 e. The molecular weight excluding hydrogens is 327 g/mol. The number of methoxy groups -OCH3 is 1. The predicted octanol–water partition coefficient (Wildman–Crippen LogP) is 2.75. The van der Waals surface area contributed by atoms with Gasteiger partial charge in [0.05, 0.1) is 13.3 Å². The van der Waals surface area contributed by atoms with Crippen LogP contribution in [-0.2, 0) is 0 Å². The second-order valence-electron chi connectivity index (χ2n) is 4.39. The molecule has 0 saturated heterocycles. The van der Waals surface area contributed by atoms with E-state index in [4.69, 9.17) is 4.74 Å². The van der Waals surface area contributed by atoms with Crippen molar-refractivity contribution in [1.82, 2.24) is 10.4 Å². The summed E-state index contributed by atoms with van der Waals surface area (Å²) in [5.74, 6) is -0.646. The van der Waals surface area contributed by atoms with Crippen molar-refractivity contribution in [3.05, 3.63) is 53.9 Å². The van der Waals surface area contributed by atoms with Crippen LogP contribution in [0.3, 0.4) is 0 Å². The van der Waals surface area contributed by atoms with Crippen molar-refractivity contribution in [1.29, 1.82) is 0 Å². The molecule has 9 heteroatoms. The summed E-state index contributed by atoms with van der Waals surface area (Å²) in [5, 5.41) is 3.70. The maximum atomic E-state index is 12.3. The summed E-state index contributed by atoms with van der Waals surface area (Å²) in [7, 11) is 1.35. The Morgan fingerprint density at radius 2 is 1.96 bits per heavy atom. The van der Waals surface area contributed by atoms with Gasteiger partial charge in [-0.2, -0.15) is 5.10 Å². The Kier molecular flexibility index (Phi) is 5.35. The maximum Gasteiger partial charge on any atom is 0.573 e. The lowest BCUT2D eigenvalue weighted by Gasteiger charge is -2.11. The first-order valence-electron chi connectivity index (χ1n) is 6.56. The monoisotopic (exact) mass is 339 g/mol. The zero-order valence-corrected chi connectivity index (χ0v) is 12.4. The van der Waals surface area contributed by atoms with Crippen LogP contribution < -0.4 is 14.9 Å². The third-order valence-corrected chi connectivity index (χ3v) is 2.75. The number of hydrazone groups is 1. The lowest BCUT2D eigenvalue weighted by Crippen LogP contribution is -2.18. The molecule has 0 aliphatic rings. The predicted molar refractivity (Wildman–Crippen MR) is 79.0 cm³/mol. The average molecular weight is 339 g/mol. The van der Waals surface area contributed by atoms with E-state index in [1.54, 1.807) is 0 Å². The minimum absolute atomic E-state index is 0.203. The Bertz CT molecular complexity index is 734. The molecule has 0 atom stereocenters. The van der Waals surface area contributed by atoms with Crippen LogP contribution in [-0.4, -0.2) is 30.6 Å². The second-order valence-corrected chi connectivity index (χ2v) is 4.39. The minimum atomic E-state index is -4.81. The summed E-state index contributed by atoms with van der Waals surface area (Å²) in [6.45, 7) is 0. The lowest BCUT2D eigenvalue weighted by molar-refractivity contribution is -0.274. The molecule has 24 heavy (non-hydrogen) atoms. The number of ether oxygens (including phenoxy) is 2. The fourth-order valence-electron chi connectivity index (χ4n) is 1.74. The van der Waals surface area contributed by atoms with Crippen molar-refractivity contribution in [3.63, 3.8) is 0 Å². The molecular formula is C15H12F3N3O3. The quantitative estimate of drug-likeness (QED) is 0.671. The van der Waals surface area contributed by atoms with Gasteiger partial charge in [0.25, 0.3) is 5.91 Å². The van der Waals surface area contributed by atoms with E-state index in [9.17, 15) is 18.0 Å². The number of amides is 1. The number of hydrogen-bond donors (Lipinski definition) is 1. The van der Waals surface area contributed by atoms with Crippen LogP contribution in [0.15, 0.2) is 47.8 Å². The SMILES string of the molecule is COc1ccc(OC(F)(F)F)cc1/C=N\NC(=O)c1ccncc1. The average Bonchev–Trinajstić information content (AvgIpc) is 2.54. The topological polar surface area (TPSA) is 72.8 Å². The molecule has 0 saturated carbocycles. The molecule has 2 rings (SSSR count). The van der Waals surface area contributed by atoms with Gasteiger partial charge in [-0.3, -0.25) is 9.78 Å². The van der Waals surface area contributed by atoms with Crippen LogP contribution in [0.25, 0.3) is 0 Å². The number of aromatic nitrogens is 1. The second kappa shape index (κ2) is 7.44. The molecule has 1 amide bonds. The van der Waals surface area contributed by atoms with Crippen molar-refractivity contribution in [3.8, 4) is 11.5 Å². The molecule has 0 aliphatic carbocycles. The largest absolute Gasteiger partial charge is 0.573 e. The van der Waals surface area contributed by atoms with Gasteiger partial charge in [0.1, 0.15) is 11.5 Å². The van der Waals surface area contributed by atoms with Crippen LogP contribution in [0.4, 0.5) is 13.2 Å². The Morgan fingerprint density at radius 1 is 1.25 bits per heavy atom. The summed E-state index contributed by atoms with van der Waals surface area (Å²) in [6.07, 6.45) is -0.765. The van der Waals surface area contributed by atoms with Crippen molar-refractivity contribution >= 4 is 12.1 Å². The van der Waals surface area contributed by atoms with Gasteiger partial charge in [-0.15, -0.1) is 13.2 Å². The maximum absolute atomic E-state index is 12.3. The number of alkyl halides is 3. The highest BCUT2D eigenvalue weighted by Crippen LogP contribution is 2.27. The Hall–Kier alpha value is -3.10. The molecule has 0 unspecified atom stereocenters. The summed E-state index contributed by atoms with van der Waals surface area (Å²) in [6, 6.07) is 6.48. The van der Waals surface area contributed by atoms with Gasteiger partial charge in [-0.25, -0.2) is 5.43 Å². The number of rotatable bonds is 5. The number of pyridine rings is 1. The lowest BCUT2D eigenvalue weighted by atomic mass is 10.2. The molecule has 0 radical (unpaired) electrons. The van der Waals surface area contributed by atoms with Gasteiger partial charge in [-0.1, -0.05) is 0 Å². The Labute approximate surface area is 134 Å². The molecule has 2 aromatic rings. The molecule has 1 aromatic heterocycles. The van der Waals surface area contributed by atoms with E-state index in [0.29, 0.717) is 5.56 Å². The number of carbonyl (C=O) groups excluding carboxylic acids is 1. The van der Waals surface area contributed by atoms with Crippen LogP contribution in [0.5, 0.6) is 11.5 Å². The summed E-state index contributed by atoms with van der Waals surface area (Å²) in [5.41, 5.74) is 2.79. The standard InChI is InChI=1S/C15H12F3N3O3/c1-23-13-3-2-12(24-15(16,17)18)8-11(13)9-20-21-14(22)10-4-6-19-7-5-10/h2-9H,1H3,(H,21,22)/b20-9-. The van der Waals surface area contributed by atoms with Gasteiger partial charge in [0, 0.05) is 23.5 Å². The zero-order valence-electron chi connectivity index (χ0n) is 12.4. The van der Waals surface area contributed by atoms with Crippen molar-refractivity contribution < 1.29 is 27.4 Å². The van der Waals surface area contributed by atoms with E-state index in [1.807, 2.05) is 0 Å². The summed E-state index contributed by atoms with van der Waals surface area (Å²) >= 11 is 0. The molecule has 0 aliphatic heterocycles. The highest BCUT2D eigenvalue weighted by atomic mass is 19.4. The smallest absolute Gasteiger partial charge is 0.496 e.